The van der Waals surface area contributed by atoms with Gasteiger partial charge in [0.2, 0.25) is 5.91 Å². The van der Waals surface area contributed by atoms with Gasteiger partial charge in [0.25, 0.3) is 0 Å². The number of nitrogens with zero attached hydrogens (tertiary/aromatic N) is 1. The number of aliphatic hydroxyl groups excluding tert-OH is 1. The molecule has 1 heterocycles. The molecule has 1 aliphatic heterocycles. The monoisotopic (exact) mass is 398 g/mol. The number of hydrogen-bond acceptors (Lipinski definition) is 3. The topological polar surface area (TPSA) is 52.6 Å². The van der Waals surface area contributed by atoms with E-state index in [9.17, 15) is 9.90 Å². The predicted octanol–water partition coefficient (Wildman–Crippen LogP) is 4.54. The first-order chi connectivity index (χ1) is 14.1. The fraction of sp³-hybridized carbons (Fsp3) is 0.480. The zero-order valence-electron chi connectivity index (χ0n) is 17.9. The van der Waals surface area contributed by atoms with Crippen molar-refractivity contribution in [3.8, 4) is 0 Å². The van der Waals surface area contributed by atoms with E-state index in [1.54, 1.807) is 12.2 Å². The molecule has 2 N–H and O–H groups in total. The smallest absolute Gasteiger partial charge is 0.226 e. The predicted molar refractivity (Wildman–Crippen MR) is 123 cm³/mol. The maximum Gasteiger partial charge on any atom is 0.226 e. The molecule has 1 fully saturated rings. The van der Waals surface area contributed by atoms with Gasteiger partial charge in [-0.15, -0.1) is 0 Å². The van der Waals surface area contributed by atoms with Crippen LogP contribution in [0.4, 0.5) is 0 Å². The fourth-order valence-corrected chi connectivity index (χ4v) is 3.43. The van der Waals surface area contributed by atoms with E-state index >= 15 is 0 Å². The maximum atomic E-state index is 12.3. The Bertz CT molecular complexity index is 596. The van der Waals surface area contributed by atoms with E-state index in [4.69, 9.17) is 0 Å². The molecule has 4 nitrogen and oxygen atoms in total. The van der Waals surface area contributed by atoms with E-state index in [0.717, 1.165) is 45.3 Å². The molecule has 1 aliphatic rings. The van der Waals surface area contributed by atoms with Crippen molar-refractivity contribution >= 4 is 5.91 Å². The molecule has 1 rings (SSSR count). The van der Waals surface area contributed by atoms with Crippen molar-refractivity contribution in [2.75, 3.05) is 19.6 Å². The molecule has 0 saturated carbocycles. The van der Waals surface area contributed by atoms with Gasteiger partial charge in [0, 0.05) is 26.1 Å². The van der Waals surface area contributed by atoms with E-state index in [2.05, 4.69) is 31.5 Å². The molecule has 0 aromatic carbocycles. The quantitative estimate of drug-likeness (QED) is 0.272. The van der Waals surface area contributed by atoms with E-state index < -0.39 is 6.23 Å². The highest BCUT2D eigenvalue weighted by Crippen LogP contribution is 2.25. The average Bonchev–Trinajstić information content (AvgIpc) is 2.73. The summed E-state index contributed by atoms with van der Waals surface area (Å²) in [6, 6.07) is 0. The lowest BCUT2D eigenvalue weighted by Gasteiger charge is -2.34. The van der Waals surface area contributed by atoms with Crippen LogP contribution in [0.25, 0.3) is 0 Å². The van der Waals surface area contributed by atoms with E-state index in [-0.39, 0.29) is 11.8 Å². The largest absolute Gasteiger partial charge is 0.378 e. The van der Waals surface area contributed by atoms with E-state index in [1.165, 1.54) is 0 Å². The summed E-state index contributed by atoms with van der Waals surface area (Å²) in [6.45, 7) is 11.7. The number of aliphatic hydroxyl groups is 1. The second-order valence-corrected chi connectivity index (χ2v) is 7.53. The third-order valence-corrected chi connectivity index (χ3v) is 5.16. The summed E-state index contributed by atoms with van der Waals surface area (Å²) in [5.74, 6) is 0.962. The number of nitrogens with one attached hydrogen (secondary N) is 1. The van der Waals surface area contributed by atoms with Crippen LogP contribution in [-0.4, -0.2) is 41.8 Å². The zero-order valence-corrected chi connectivity index (χ0v) is 17.9. The van der Waals surface area contributed by atoms with Crippen molar-refractivity contribution in [2.24, 2.45) is 11.8 Å². The van der Waals surface area contributed by atoms with Gasteiger partial charge >= 0.3 is 0 Å². The highest BCUT2D eigenvalue weighted by Gasteiger charge is 2.25. The van der Waals surface area contributed by atoms with E-state index in [1.807, 2.05) is 47.4 Å². The Balaban J connectivity index is 2.23. The Morgan fingerprint density at radius 3 is 2.31 bits per heavy atom. The SMILES string of the molecule is C=C/C=C\C=C/CCNC(O)C(C)CC1CCN(C(=O)C/C=C\C=C/C=C)CC1. The lowest BCUT2D eigenvalue weighted by Crippen LogP contribution is -2.40. The molecule has 29 heavy (non-hydrogen) atoms. The minimum absolute atomic E-state index is 0.192. The van der Waals surface area contributed by atoms with Crippen molar-refractivity contribution < 1.29 is 9.90 Å². The number of rotatable bonds is 13. The maximum absolute atomic E-state index is 12.3. The number of carbonyl (C=O) groups excluding carboxylic acids is 1. The van der Waals surface area contributed by atoms with Gasteiger partial charge in [-0.2, -0.15) is 0 Å². The molecule has 160 valence electrons. The Labute approximate surface area is 177 Å². The van der Waals surface area contributed by atoms with Crippen molar-refractivity contribution in [1.82, 2.24) is 10.2 Å². The average molecular weight is 399 g/mol. The number of allylic oxidation sites excluding steroid dienone is 8. The first kappa shape index (κ1) is 24.9. The summed E-state index contributed by atoms with van der Waals surface area (Å²) < 4.78 is 0. The first-order valence-electron chi connectivity index (χ1n) is 10.7. The molecular weight excluding hydrogens is 360 g/mol. The molecule has 0 aromatic heterocycles. The van der Waals surface area contributed by atoms with Gasteiger partial charge in [-0.05, 0) is 37.5 Å². The van der Waals surface area contributed by atoms with E-state index in [0.29, 0.717) is 12.3 Å². The normalized spacial score (nSPS) is 18.2. The summed E-state index contributed by atoms with van der Waals surface area (Å²) in [5.41, 5.74) is 0. The van der Waals surface area contributed by atoms with Crippen LogP contribution in [0.15, 0.2) is 73.9 Å². The number of hydrogen-bond donors (Lipinski definition) is 2. The molecular formula is C25H38N2O2. The van der Waals surface area contributed by atoms with Crippen LogP contribution >= 0.6 is 0 Å². The van der Waals surface area contributed by atoms with Crippen LogP contribution in [0.3, 0.4) is 0 Å². The molecule has 2 atom stereocenters. The molecule has 0 radical (unpaired) electrons. The molecule has 0 spiro atoms. The third-order valence-electron chi connectivity index (χ3n) is 5.16. The molecule has 1 amide bonds. The number of carbonyl (C=O) groups is 1. The second kappa shape index (κ2) is 15.7. The van der Waals surface area contributed by atoms with Crippen LogP contribution < -0.4 is 5.32 Å². The van der Waals surface area contributed by atoms with Crippen molar-refractivity contribution in [1.29, 1.82) is 0 Å². The van der Waals surface area contributed by atoms with Crippen LogP contribution in [0.1, 0.15) is 39.0 Å². The van der Waals surface area contributed by atoms with Crippen LogP contribution in [0.2, 0.25) is 0 Å². The first-order valence-corrected chi connectivity index (χ1v) is 10.7. The molecule has 0 aromatic rings. The molecule has 0 bridgehead atoms. The summed E-state index contributed by atoms with van der Waals surface area (Å²) in [5, 5.41) is 13.5. The van der Waals surface area contributed by atoms with Crippen LogP contribution in [-0.2, 0) is 4.79 Å². The Morgan fingerprint density at radius 1 is 1.07 bits per heavy atom. The number of piperidine rings is 1. The van der Waals surface area contributed by atoms with Crippen molar-refractivity contribution in [3.63, 3.8) is 0 Å². The minimum atomic E-state index is -0.486. The lowest BCUT2D eigenvalue weighted by molar-refractivity contribution is -0.131. The summed E-state index contributed by atoms with van der Waals surface area (Å²) >= 11 is 0. The van der Waals surface area contributed by atoms with Crippen molar-refractivity contribution in [3.05, 3.63) is 73.9 Å². The highest BCUT2D eigenvalue weighted by atomic mass is 16.3. The van der Waals surface area contributed by atoms with Gasteiger partial charge in [0.05, 0.1) is 0 Å². The van der Waals surface area contributed by atoms with Gasteiger partial charge in [0.1, 0.15) is 6.23 Å². The molecule has 1 saturated heterocycles. The Hall–Kier alpha value is -2.17. The standard InChI is InChI=1S/C25H38N2O2/c1-4-6-8-10-12-14-18-26-25(29)22(3)21-23-16-19-27(20-17-23)24(28)15-13-11-9-7-5-2/h4-13,22-23,25-26,29H,1-2,14-21H2,3H3/b8-6-,9-7-,12-10-,13-11-. The van der Waals surface area contributed by atoms with Crippen LogP contribution in [0, 0.1) is 11.8 Å². The van der Waals surface area contributed by atoms with Crippen molar-refractivity contribution in [2.45, 2.75) is 45.3 Å². The van der Waals surface area contributed by atoms with Gasteiger partial charge in [-0.1, -0.05) is 80.8 Å². The Morgan fingerprint density at radius 2 is 1.69 bits per heavy atom. The molecule has 0 aliphatic carbocycles. The van der Waals surface area contributed by atoms with Gasteiger partial charge < -0.3 is 10.0 Å². The highest BCUT2D eigenvalue weighted by molar-refractivity contribution is 5.77. The number of likely N-dealkylation sites (tertiary alicyclic amines) is 1. The summed E-state index contributed by atoms with van der Waals surface area (Å²) in [6.07, 6.45) is 22.7. The summed E-state index contributed by atoms with van der Waals surface area (Å²) in [7, 11) is 0. The molecule has 2 unspecified atom stereocenters. The van der Waals surface area contributed by atoms with Gasteiger partial charge in [0.15, 0.2) is 0 Å². The Kier molecular flexibility index (Phi) is 13.5. The number of amides is 1. The zero-order chi connectivity index (χ0) is 21.3. The van der Waals surface area contributed by atoms with Gasteiger partial charge in [-0.25, -0.2) is 0 Å². The lowest BCUT2D eigenvalue weighted by atomic mass is 9.87. The van der Waals surface area contributed by atoms with Gasteiger partial charge in [-0.3, -0.25) is 10.1 Å². The van der Waals surface area contributed by atoms with Crippen LogP contribution in [0.5, 0.6) is 0 Å². The second-order valence-electron chi connectivity index (χ2n) is 7.53. The molecule has 4 heteroatoms. The fourth-order valence-electron chi connectivity index (χ4n) is 3.43. The summed E-state index contributed by atoms with van der Waals surface area (Å²) in [4.78, 5) is 14.2. The third kappa shape index (κ3) is 11.4. The minimum Gasteiger partial charge on any atom is -0.378 e.